The fourth-order valence-electron chi connectivity index (χ4n) is 2.12. The van der Waals surface area contributed by atoms with Crippen LogP contribution >= 0.6 is 24.0 Å². The van der Waals surface area contributed by atoms with Gasteiger partial charge in [0.05, 0.1) is 11.5 Å². The minimum atomic E-state index is -2.93. The van der Waals surface area contributed by atoms with Gasteiger partial charge in [0.2, 0.25) is 0 Å². The van der Waals surface area contributed by atoms with Crippen LogP contribution in [0.2, 0.25) is 0 Å². The number of hydrogen-bond donors (Lipinski definition) is 2. The van der Waals surface area contributed by atoms with Gasteiger partial charge in [0.15, 0.2) is 15.8 Å². The Bertz CT molecular complexity index is 607. The van der Waals surface area contributed by atoms with Crippen molar-refractivity contribution in [1.29, 1.82) is 0 Å². The Morgan fingerprint density at radius 1 is 1.43 bits per heavy atom. The summed E-state index contributed by atoms with van der Waals surface area (Å²) in [7, 11) is -1.33. The minimum absolute atomic E-state index is 0. The van der Waals surface area contributed by atoms with Crippen molar-refractivity contribution in [2.75, 3.05) is 18.6 Å². The van der Waals surface area contributed by atoms with E-state index in [-0.39, 0.29) is 47.3 Å². The topological polar surface area (TPSA) is 70.6 Å². The number of halogens is 2. The van der Waals surface area contributed by atoms with Gasteiger partial charge in [0, 0.05) is 25.2 Å². The molecule has 118 valence electrons. The lowest BCUT2D eigenvalue weighted by Crippen LogP contribution is -2.43. The fraction of sp³-hybridized carbons (Fsp3) is 0.462. The molecule has 0 bridgehead atoms. The van der Waals surface area contributed by atoms with Crippen molar-refractivity contribution in [3.63, 3.8) is 0 Å². The maximum Gasteiger partial charge on any atom is 0.191 e. The van der Waals surface area contributed by atoms with E-state index < -0.39 is 9.84 Å². The lowest BCUT2D eigenvalue weighted by molar-refractivity contribution is 0.598. The van der Waals surface area contributed by atoms with Crippen LogP contribution in [0.15, 0.2) is 29.3 Å². The van der Waals surface area contributed by atoms with E-state index in [2.05, 4.69) is 15.6 Å². The molecule has 1 saturated heterocycles. The second-order valence-corrected chi connectivity index (χ2v) is 6.99. The van der Waals surface area contributed by atoms with Crippen LogP contribution in [-0.2, 0) is 16.4 Å². The smallest absolute Gasteiger partial charge is 0.191 e. The number of aliphatic imine (C=N–C) groups is 1. The molecule has 0 spiro atoms. The van der Waals surface area contributed by atoms with E-state index in [9.17, 15) is 12.8 Å². The van der Waals surface area contributed by atoms with Gasteiger partial charge in [-0.05, 0) is 12.5 Å². The maximum absolute atomic E-state index is 13.5. The molecule has 1 aromatic rings. The lowest BCUT2D eigenvalue weighted by atomic mass is 10.2. The SMILES string of the molecule is CN=C(NCc1ccccc1F)NC1CCS(=O)(=O)C1.I. The van der Waals surface area contributed by atoms with Gasteiger partial charge in [-0.15, -0.1) is 24.0 Å². The van der Waals surface area contributed by atoms with Crippen molar-refractivity contribution in [2.45, 2.75) is 19.0 Å². The number of guanidine groups is 1. The molecule has 21 heavy (non-hydrogen) atoms. The van der Waals surface area contributed by atoms with Crippen LogP contribution in [0.5, 0.6) is 0 Å². The van der Waals surface area contributed by atoms with Gasteiger partial charge in [0.1, 0.15) is 5.82 Å². The molecule has 1 atom stereocenters. The summed E-state index contributed by atoms with van der Waals surface area (Å²) in [6.07, 6.45) is 0.572. The van der Waals surface area contributed by atoms with E-state index in [4.69, 9.17) is 0 Å². The highest BCUT2D eigenvalue weighted by Crippen LogP contribution is 2.11. The van der Waals surface area contributed by atoms with Crippen LogP contribution in [0.3, 0.4) is 0 Å². The highest BCUT2D eigenvalue weighted by molar-refractivity contribution is 14.0. The van der Waals surface area contributed by atoms with Gasteiger partial charge in [0.25, 0.3) is 0 Å². The largest absolute Gasteiger partial charge is 0.353 e. The van der Waals surface area contributed by atoms with Crippen LogP contribution in [0, 0.1) is 5.82 Å². The molecule has 1 aromatic carbocycles. The Kier molecular flexibility index (Phi) is 6.85. The zero-order valence-corrected chi connectivity index (χ0v) is 14.8. The molecule has 1 fully saturated rings. The molecule has 2 N–H and O–H groups in total. The summed E-state index contributed by atoms with van der Waals surface area (Å²) < 4.78 is 36.2. The van der Waals surface area contributed by atoms with Gasteiger partial charge in [-0.25, -0.2) is 12.8 Å². The van der Waals surface area contributed by atoms with Crippen LogP contribution in [0.1, 0.15) is 12.0 Å². The summed E-state index contributed by atoms with van der Waals surface area (Å²) in [5.74, 6) is 0.525. The Labute approximate surface area is 141 Å². The lowest BCUT2D eigenvalue weighted by Gasteiger charge is -2.16. The number of hydrogen-bond acceptors (Lipinski definition) is 3. The summed E-state index contributed by atoms with van der Waals surface area (Å²) in [6.45, 7) is 0.297. The molecule has 0 saturated carbocycles. The monoisotopic (exact) mass is 427 g/mol. The minimum Gasteiger partial charge on any atom is -0.353 e. The predicted molar refractivity (Wildman–Crippen MR) is 92.2 cm³/mol. The molecule has 0 amide bonds. The van der Waals surface area contributed by atoms with Crippen LogP contribution in [0.4, 0.5) is 4.39 Å². The first-order chi connectivity index (χ1) is 9.50. The first-order valence-corrected chi connectivity index (χ1v) is 8.23. The van der Waals surface area contributed by atoms with E-state index in [0.29, 0.717) is 24.5 Å². The molecule has 1 aliphatic heterocycles. The summed E-state index contributed by atoms with van der Waals surface area (Å²) in [5.41, 5.74) is 0.537. The highest BCUT2D eigenvalue weighted by Gasteiger charge is 2.28. The Morgan fingerprint density at radius 2 is 2.14 bits per heavy atom. The molecule has 1 heterocycles. The molecule has 1 aliphatic rings. The number of sulfone groups is 1. The van der Waals surface area contributed by atoms with Crippen molar-refractivity contribution >= 4 is 39.8 Å². The summed E-state index contributed by atoms with van der Waals surface area (Å²) in [4.78, 5) is 4.02. The molecule has 1 unspecified atom stereocenters. The van der Waals surface area contributed by atoms with Crippen LogP contribution < -0.4 is 10.6 Å². The third-order valence-electron chi connectivity index (χ3n) is 3.20. The number of nitrogens with zero attached hydrogens (tertiary/aromatic N) is 1. The summed E-state index contributed by atoms with van der Waals surface area (Å²) in [5, 5.41) is 6.03. The number of benzene rings is 1. The number of nitrogens with one attached hydrogen (secondary N) is 2. The van der Waals surface area contributed by atoms with Crippen molar-refractivity contribution in [3.8, 4) is 0 Å². The zero-order chi connectivity index (χ0) is 14.6. The van der Waals surface area contributed by atoms with Crippen LogP contribution in [0.25, 0.3) is 0 Å². The first kappa shape index (κ1) is 18.1. The molecular weight excluding hydrogens is 408 g/mol. The Balaban J connectivity index is 0.00000220. The Morgan fingerprint density at radius 3 is 2.71 bits per heavy atom. The molecule has 2 rings (SSSR count). The Hall–Kier alpha value is -0.900. The quantitative estimate of drug-likeness (QED) is 0.434. The van der Waals surface area contributed by atoms with E-state index in [0.717, 1.165) is 0 Å². The van der Waals surface area contributed by atoms with Gasteiger partial charge in [-0.1, -0.05) is 18.2 Å². The van der Waals surface area contributed by atoms with Crippen molar-refractivity contribution in [2.24, 2.45) is 4.99 Å². The second-order valence-electron chi connectivity index (χ2n) is 4.76. The summed E-state index contributed by atoms with van der Waals surface area (Å²) >= 11 is 0. The van der Waals surface area contributed by atoms with Gasteiger partial charge >= 0.3 is 0 Å². The number of rotatable bonds is 3. The van der Waals surface area contributed by atoms with Crippen LogP contribution in [-0.4, -0.2) is 39.0 Å². The average Bonchev–Trinajstić information content (AvgIpc) is 2.75. The van der Waals surface area contributed by atoms with E-state index in [1.807, 2.05) is 0 Å². The zero-order valence-electron chi connectivity index (χ0n) is 11.7. The van der Waals surface area contributed by atoms with Gasteiger partial charge in [-0.3, -0.25) is 4.99 Å². The second kappa shape index (κ2) is 7.92. The van der Waals surface area contributed by atoms with E-state index >= 15 is 0 Å². The van der Waals surface area contributed by atoms with Crippen molar-refractivity contribution in [1.82, 2.24) is 10.6 Å². The fourth-order valence-corrected chi connectivity index (χ4v) is 3.79. The standard InChI is InChI=1S/C13H18FN3O2S.HI/c1-15-13(17-11-6-7-20(18,19)9-11)16-8-10-4-2-3-5-12(10)14;/h2-5,11H,6-9H2,1H3,(H2,15,16,17);1H. The molecular formula is C13H19FIN3O2S. The first-order valence-electron chi connectivity index (χ1n) is 6.41. The highest BCUT2D eigenvalue weighted by atomic mass is 127. The van der Waals surface area contributed by atoms with Crippen molar-refractivity contribution < 1.29 is 12.8 Å². The third kappa shape index (κ3) is 5.42. The van der Waals surface area contributed by atoms with Gasteiger partial charge < -0.3 is 10.6 Å². The molecule has 0 aliphatic carbocycles. The van der Waals surface area contributed by atoms with E-state index in [1.54, 1.807) is 25.2 Å². The van der Waals surface area contributed by atoms with Gasteiger partial charge in [-0.2, -0.15) is 0 Å². The maximum atomic E-state index is 13.5. The summed E-state index contributed by atoms with van der Waals surface area (Å²) in [6, 6.07) is 6.36. The third-order valence-corrected chi connectivity index (χ3v) is 4.97. The molecule has 0 aromatic heterocycles. The normalized spacial score (nSPS) is 20.7. The van der Waals surface area contributed by atoms with Crippen molar-refractivity contribution in [3.05, 3.63) is 35.6 Å². The molecule has 8 heteroatoms. The average molecular weight is 427 g/mol. The predicted octanol–water partition coefficient (Wildman–Crippen LogP) is 1.30. The van der Waals surface area contributed by atoms with E-state index in [1.165, 1.54) is 6.07 Å². The molecule has 5 nitrogen and oxygen atoms in total. The molecule has 0 radical (unpaired) electrons.